The number of carbonyl (C=O) groups is 1. The molecular formula is C14H16N4O3. The first-order valence-corrected chi connectivity index (χ1v) is 7.34. The number of rotatable bonds is 3. The van der Waals surface area contributed by atoms with Crippen LogP contribution >= 0.6 is 0 Å². The van der Waals surface area contributed by atoms with E-state index in [1.165, 1.54) is 6.20 Å². The van der Waals surface area contributed by atoms with Crippen LogP contribution in [0.15, 0.2) is 21.2 Å². The van der Waals surface area contributed by atoms with E-state index in [1.807, 2.05) is 0 Å². The summed E-state index contributed by atoms with van der Waals surface area (Å²) in [4.78, 5) is 13.9. The van der Waals surface area contributed by atoms with Gasteiger partial charge in [-0.15, -0.1) is 10.2 Å². The van der Waals surface area contributed by atoms with Crippen molar-refractivity contribution in [1.82, 2.24) is 20.3 Å². The minimum atomic E-state index is -0.102. The summed E-state index contributed by atoms with van der Waals surface area (Å²) in [5, 5.41) is 11.9. The predicted molar refractivity (Wildman–Crippen MR) is 70.7 cm³/mol. The molecule has 2 aromatic rings. The topological polar surface area (TPSA) is 85.3 Å². The maximum Gasteiger partial charge on any atom is 0.292 e. The lowest BCUT2D eigenvalue weighted by molar-refractivity contribution is 0.0664. The van der Waals surface area contributed by atoms with Gasteiger partial charge in [0.2, 0.25) is 17.5 Å². The van der Waals surface area contributed by atoms with E-state index >= 15 is 0 Å². The summed E-state index contributed by atoms with van der Waals surface area (Å²) in [7, 11) is 0. The van der Waals surface area contributed by atoms with Crippen molar-refractivity contribution in [3.05, 3.63) is 29.8 Å². The van der Waals surface area contributed by atoms with Gasteiger partial charge < -0.3 is 13.8 Å². The third kappa shape index (κ3) is 2.43. The van der Waals surface area contributed by atoms with Gasteiger partial charge in [0.15, 0.2) is 0 Å². The van der Waals surface area contributed by atoms with Crippen molar-refractivity contribution >= 4 is 5.91 Å². The summed E-state index contributed by atoms with van der Waals surface area (Å²) in [6.45, 7) is 1.34. The molecule has 110 valence electrons. The van der Waals surface area contributed by atoms with Crippen LogP contribution in [0, 0.1) is 0 Å². The van der Waals surface area contributed by atoms with Gasteiger partial charge in [0.05, 0.1) is 6.20 Å². The fraction of sp³-hybridized carbons (Fsp3) is 0.571. The first kappa shape index (κ1) is 12.6. The van der Waals surface area contributed by atoms with Gasteiger partial charge in [-0.1, -0.05) is 5.16 Å². The molecule has 21 heavy (non-hydrogen) atoms. The van der Waals surface area contributed by atoms with Crippen molar-refractivity contribution in [1.29, 1.82) is 0 Å². The Kier molecular flexibility index (Phi) is 2.98. The second-order valence-electron chi connectivity index (χ2n) is 5.70. The molecular weight excluding hydrogens is 272 g/mol. The summed E-state index contributed by atoms with van der Waals surface area (Å²) in [6, 6.07) is 1.59. The first-order valence-electron chi connectivity index (χ1n) is 7.34. The van der Waals surface area contributed by atoms with Gasteiger partial charge in [-0.3, -0.25) is 4.79 Å². The predicted octanol–water partition coefficient (Wildman–Crippen LogP) is 1.95. The molecule has 1 amide bonds. The van der Waals surface area contributed by atoms with E-state index in [-0.39, 0.29) is 11.8 Å². The minimum Gasteiger partial charge on any atom is -0.425 e. The molecule has 2 aromatic heterocycles. The molecule has 3 heterocycles. The molecule has 2 aliphatic rings. The Labute approximate surface area is 121 Å². The Morgan fingerprint density at radius 2 is 1.76 bits per heavy atom. The Bertz CT molecular complexity index is 624. The monoisotopic (exact) mass is 288 g/mol. The van der Waals surface area contributed by atoms with Crippen LogP contribution in [0.4, 0.5) is 0 Å². The van der Waals surface area contributed by atoms with Crippen molar-refractivity contribution in [2.45, 2.75) is 37.5 Å². The average molecular weight is 288 g/mol. The zero-order valence-electron chi connectivity index (χ0n) is 11.6. The molecule has 1 aliphatic carbocycles. The Hall–Kier alpha value is -2.18. The van der Waals surface area contributed by atoms with E-state index in [0.29, 0.717) is 24.8 Å². The molecule has 7 heteroatoms. The van der Waals surface area contributed by atoms with Gasteiger partial charge >= 0.3 is 0 Å². The summed E-state index contributed by atoms with van der Waals surface area (Å²) in [5.41, 5.74) is 0. The Balaban J connectivity index is 1.38. The van der Waals surface area contributed by atoms with Gasteiger partial charge in [-0.05, 0) is 25.7 Å². The van der Waals surface area contributed by atoms with E-state index in [1.54, 1.807) is 11.0 Å². The van der Waals surface area contributed by atoms with E-state index in [0.717, 1.165) is 37.5 Å². The Morgan fingerprint density at radius 3 is 2.33 bits per heavy atom. The fourth-order valence-electron chi connectivity index (χ4n) is 2.72. The second kappa shape index (κ2) is 4.98. The van der Waals surface area contributed by atoms with Crippen LogP contribution in [-0.2, 0) is 0 Å². The van der Waals surface area contributed by atoms with E-state index in [4.69, 9.17) is 8.94 Å². The van der Waals surface area contributed by atoms with Crippen LogP contribution in [0.1, 0.15) is 59.9 Å². The maximum atomic E-state index is 12.1. The number of nitrogens with zero attached hydrogens (tertiary/aromatic N) is 4. The van der Waals surface area contributed by atoms with Crippen molar-refractivity contribution in [2.75, 3.05) is 13.1 Å². The Morgan fingerprint density at radius 1 is 1.10 bits per heavy atom. The largest absolute Gasteiger partial charge is 0.425 e. The smallest absolute Gasteiger partial charge is 0.292 e. The molecule has 1 aliphatic heterocycles. The van der Waals surface area contributed by atoms with Crippen LogP contribution in [0.5, 0.6) is 0 Å². The van der Waals surface area contributed by atoms with Crippen molar-refractivity contribution in [3.8, 4) is 0 Å². The summed E-state index contributed by atoms with van der Waals surface area (Å²) in [6.07, 6.45) is 5.48. The zero-order chi connectivity index (χ0) is 14.2. The number of hydrogen-bond acceptors (Lipinski definition) is 6. The maximum absolute atomic E-state index is 12.1. The molecule has 0 bridgehead atoms. The van der Waals surface area contributed by atoms with E-state index in [9.17, 15) is 4.79 Å². The van der Waals surface area contributed by atoms with Crippen LogP contribution in [0.2, 0.25) is 0 Å². The van der Waals surface area contributed by atoms with Crippen LogP contribution in [0.3, 0.4) is 0 Å². The lowest BCUT2D eigenvalue weighted by atomic mass is 9.96. The van der Waals surface area contributed by atoms with Crippen LogP contribution < -0.4 is 0 Å². The molecule has 0 unspecified atom stereocenters. The molecule has 7 nitrogen and oxygen atoms in total. The highest BCUT2D eigenvalue weighted by Crippen LogP contribution is 2.40. The third-order valence-electron chi connectivity index (χ3n) is 4.16. The van der Waals surface area contributed by atoms with Gasteiger partial charge in [-0.2, -0.15) is 0 Å². The lowest BCUT2D eigenvalue weighted by Gasteiger charge is -2.29. The number of piperidine rings is 1. The van der Waals surface area contributed by atoms with E-state index < -0.39 is 0 Å². The molecule has 0 atom stereocenters. The molecule has 0 aromatic carbocycles. The van der Waals surface area contributed by atoms with Gasteiger partial charge in [0, 0.05) is 31.0 Å². The minimum absolute atomic E-state index is 0.102. The zero-order valence-corrected chi connectivity index (χ0v) is 11.6. The molecule has 1 saturated heterocycles. The number of carbonyl (C=O) groups excluding carboxylic acids is 1. The summed E-state index contributed by atoms with van der Waals surface area (Å²) >= 11 is 0. The van der Waals surface area contributed by atoms with Crippen molar-refractivity contribution < 1.29 is 13.7 Å². The molecule has 0 spiro atoms. The van der Waals surface area contributed by atoms with E-state index in [2.05, 4.69) is 15.4 Å². The van der Waals surface area contributed by atoms with Gasteiger partial charge in [-0.25, -0.2) is 0 Å². The number of hydrogen-bond donors (Lipinski definition) is 0. The summed E-state index contributed by atoms with van der Waals surface area (Å²) < 4.78 is 10.7. The average Bonchev–Trinajstić information content (AvgIpc) is 3.05. The first-order chi connectivity index (χ1) is 10.3. The molecule has 0 N–H and O–H groups in total. The normalized spacial score (nSPS) is 19.9. The number of aromatic nitrogens is 3. The molecule has 4 rings (SSSR count). The van der Waals surface area contributed by atoms with Crippen molar-refractivity contribution in [2.24, 2.45) is 0 Å². The molecule has 2 fully saturated rings. The number of amides is 1. The lowest BCUT2D eigenvalue weighted by Crippen LogP contribution is -2.37. The number of likely N-dealkylation sites (tertiary alicyclic amines) is 1. The van der Waals surface area contributed by atoms with Crippen molar-refractivity contribution in [3.63, 3.8) is 0 Å². The SMILES string of the molecule is O=C(c1ccno1)N1CCC(c2nnc(C3CC3)o2)CC1. The highest BCUT2D eigenvalue weighted by atomic mass is 16.5. The highest BCUT2D eigenvalue weighted by Gasteiger charge is 2.32. The van der Waals surface area contributed by atoms with Gasteiger partial charge in [0.25, 0.3) is 5.91 Å². The molecule has 0 radical (unpaired) electrons. The highest BCUT2D eigenvalue weighted by molar-refractivity contribution is 5.91. The third-order valence-corrected chi connectivity index (χ3v) is 4.16. The van der Waals surface area contributed by atoms with Crippen LogP contribution in [0.25, 0.3) is 0 Å². The quantitative estimate of drug-likeness (QED) is 0.858. The summed E-state index contributed by atoms with van der Waals surface area (Å²) in [5.74, 6) is 2.44. The molecule has 1 saturated carbocycles. The van der Waals surface area contributed by atoms with Gasteiger partial charge in [0.1, 0.15) is 0 Å². The standard InChI is InChI=1S/C14H16N4O3/c19-14(11-3-6-15-21-11)18-7-4-10(5-8-18)13-17-16-12(20-13)9-1-2-9/h3,6,9-10H,1-2,4-5,7-8H2. The van der Waals surface area contributed by atoms with Crippen LogP contribution in [-0.4, -0.2) is 39.3 Å². The fourth-order valence-corrected chi connectivity index (χ4v) is 2.72. The second-order valence-corrected chi connectivity index (χ2v) is 5.70.